The number of rotatable bonds is 4. The van der Waals surface area contributed by atoms with E-state index in [0.717, 1.165) is 12.8 Å². The van der Waals surface area contributed by atoms with Gasteiger partial charge in [0.25, 0.3) is 0 Å². The molecule has 15 heavy (non-hydrogen) atoms. The monoisotopic (exact) mass is 217 g/mol. The van der Waals surface area contributed by atoms with Crippen molar-refractivity contribution in [2.75, 3.05) is 0 Å². The van der Waals surface area contributed by atoms with Gasteiger partial charge < -0.3 is 15.3 Å². The number of carboxylic acids is 2. The van der Waals surface area contributed by atoms with Gasteiger partial charge in [0.05, 0.1) is 6.10 Å². The van der Waals surface area contributed by atoms with Crippen LogP contribution >= 0.6 is 0 Å². The van der Waals surface area contributed by atoms with Crippen molar-refractivity contribution in [3.63, 3.8) is 0 Å². The van der Waals surface area contributed by atoms with Gasteiger partial charge in [-0.2, -0.15) is 0 Å². The Morgan fingerprint density at radius 2 is 1.67 bits per heavy atom. The molecule has 0 aromatic carbocycles. The number of hydrogen-bond acceptors (Lipinski definition) is 4. The molecule has 0 bridgehead atoms. The predicted octanol–water partition coefficient (Wildman–Crippen LogP) is -0.583. The second-order valence-corrected chi connectivity index (χ2v) is 3.73. The summed E-state index contributed by atoms with van der Waals surface area (Å²) in [6.07, 6.45) is 2.31. The van der Waals surface area contributed by atoms with Crippen LogP contribution in [0, 0.1) is 0 Å². The van der Waals surface area contributed by atoms with Crippen LogP contribution in [0.15, 0.2) is 0 Å². The summed E-state index contributed by atoms with van der Waals surface area (Å²) in [4.78, 5) is 21.2. The first-order valence-electron chi connectivity index (χ1n) is 4.92. The van der Waals surface area contributed by atoms with Crippen molar-refractivity contribution in [2.45, 2.75) is 43.9 Å². The molecule has 2 unspecified atom stereocenters. The molecule has 0 spiro atoms. The van der Waals surface area contributed by atoms with Crippen LogP contribution in [0.3, 0.4) is 0 Å². The normalized spacial score (nSPS) is 26.5. The van der Waals surface area contributed by atoms with E-state index in [2.05, 4.69) is 5.32 Å². The van der Waals surface area contributed by atoms with Crippen molar-refractivity contribution in [1.29, 1.82) is 0 Å². The molecule has 1 aliphatic rings. The number of aliphatic carboxylic acids is 2. The molecule has 0 saturated heterocycles. The molecule has 1 fully saturated rings. The van der Waals surface area contributed by atoms with Crippen LogP contribution in [0.1, 0.15) is 25.7 Å². The van der Waals surface area contributed by atoms with Crippen molar-refractivity contribution in [3.8, 4) is 0 Å². The summed E-state index contributed by atoms with van der Waals surface area (Å²) in [6.45, 7) is 0. The molecule has 1 rings (SSSR count). The molecule has 4 N–H and O–H groups in total. The van der Waals surface area contributed by atoms with Gasteiger partial charge in [0.2, 0.25) is 6.04 Å². The van der Waals surface area contributed by atoms with Crippen LogP contribution in [0.5, 0.6) is 0 Å². The van der Waals surface area contributed by atoms with Gasteiger partial charge in [-0.15, -0.1) is 0 Å². The van der Waals surface area contributed by atoms with Gasteiger partial charge in [-0.3, -0.25) is 5.32 Å². The van der Waals surface area contributed by atoms with E-state index in [9.17, 15) is 14.7 Å². The Hall–Kier alpha value is -1.14. The number of aliphatic hydroxyl groups is 1. The number of carboxylic acid groups (broad SMARTS) is 2. The van der Waals surface area contributed by atoms with E-state index in [-0.39, 0.29) is 0 Å². The minimum absolute atomic E-state index is 0.434. The van der Waals surface area contributed by atoms with Crippen molar-refractivity contribution in [3.05, 3.63) is 0 Å². The molecule has 6 nitrogen and oxygen atoms in total. The van der Waals surface area contributed by atoms with Gasteiger partial charge in [-0.25, -0.2) is 9.59 Å². The molecule has 1 saturated carbocycles. The highest BCUT2D eigenvalue weighted by molar-refractivity contribution is 5.97. The third-order valence-corrected chi connectivity index (χ3v) is 2.60. The van der Waals surface area contributed by atoms with Crippen molar-refractivity contribution in [1.82, 2.24) is 5.32 Å². The summed E-state index contributed by atoms with van der Waals surface area (Å²) in [5.74, 6) is -2.86. The molecule has 0 aliphatic heterocycles. The highest BCUT2D eigenvalue weighted by Crippen LogP contribution is 2.18. The quantitative estimate of drug-likeness (QED) is 0.469. The van der Waals surface area contributed by atoms with Crippen LogP contribution in [-0.4, -0.2) is 45.4 Å². The zero-order chi connectivity index (χ0) is 11.4. The van der Waals surface area contributed by atoms with Gasteiger partial charge in [0, 0.05) is 6.04 Å². The average Bonchev–Trinajstić information content (AvgIpc) is 2.15. The van der Waals surface area contributed by atoms with Crippen LogP contribution in [-0.2, 0) is 9.59 Å². The lowest BCUT2D eigenvalue weighted by atomic mass is 9.92. The summed E-state index contributed by atoms with van der Waals surface area (Å²) in [5, 5.41) is 29.3. The smallest absolute Gasteiger partial charge is 0.332 e. The second kappa shape index (κ2) is 5.09. The Balaban J connectivity index is 2.56. The van der Waals surface area contributed by atoms with E-state index in [1.807, 2.05) is 0 Å². The highest BCUT2D eigenvalue weighted by atomic mass is 16.4. The number of carbonyl (C=O) groups is 2. The maximum atomic E-state index is 10.6. The Morgan fingerprint density at radius 1 is 1.13 bits per heavy atom. The molecular weight excluding hydrogens is 202 g/mol. The van der Waals surface area contributed by atoms with Crippen molar-refractivity contribution >= 4 is 11.9 Å². The average molecular weight is 217 g/mol. The third-order valence-electron chi connectivity index (χ3n) is 2.60. The van der Waals surface area contributed by atoms with E-state index < -0.39 is 30.1 Å². The molecule has 86 valence electrons. The summed E-state index contributed by atoms with van der Waals surface area (Å²) in [7, 11) is 0. The van der Waals surface area contributed by atoms with E-state index in [0.29, 0.717) is 12.8 Å². The lowest BCUT2D eigenvalue weighted by Crippen LogP contribution is -2.53. The fourth-order valence-electron chi connectivity index (χ4n) is 1.77. The Morgan fingerprint density at radius 3 is 2.13 bits per heavy atom. The van der Waals surface area contributed by atoms with Gasteiger partial charge in [-0.1, -0.05) is 12.8 Å². The lowest BCUT2D eigenvalue weighted by molar-refractivity contribution is -0.151. The third kappa shape index (κ3) is 3.17. The molecule has 0 amide bonds. The van der Waals surface area contributed by atoms with E-state index >= 15 is 0 Å². The first-order chi connectivity index (χ1) is 7.02. The molecule has 0 radical (unpaired) electrons. The summed E-state index contributed by atoms with van der Waals surface area (Å²) >= 11 is 0. The maximum absolute atomic E-state index is 10.6. The molecule has 0 aromatic rings. The summed E-state index contributed by atoms with van der Waals surface area (Å²) in [5.41, 5.74) is 0. The Bertz CT molecular complexity index is 241. The fourth-order valence-corrected chi connectivity index (χ4v) is 1.77. The van der Waals surface area contributed by atoms with Gasteiger partial charge >= 0.3 is 11.9 Å². The maximum Gasteiger partial charge on any atom is 0.332 e. The van der Waals surface area contributed by atoms with E-state index in [1.165, 1.54) is 0 Å². The van der Waals surface area contributed by atoms with Crippen molar-refractivity contribution in [2.24, 2.45) is 0 Å². The first kappa shape index (κ1) is 11.9. The fraction of sp³-hybridized carbons (Fsp3) is 0.778. The summed E-state index contributed by atoms with van der Waals surface area (Å²) in [6, 6.07) is -2.07. The molecule has 0 aromatic heterocycles. The molecule has 2 atom stereocenters. The molecular formula is C9H15NO5. The predicted molar refractivity (Wildman–Crippen MR) is 50.5 cm³/mol. The van der Waals surface area contributed by atoms with E-state index in [4.69, 9.17) is 10.2 Å². The minimum Gasteiger partial charge on any atom is -0.480 e. The SMILES string of the molecule is O=C(O)C(NC1CCCCC1O)C(=O)O. The first-order valence-corrected chi connectivity index (χ1v) is 4.92. The lowest BCUT2D eigenvalue weighted by Gasteiger charge is -2.29. The zero-order valence-corrected chi connectivity index (χ0v) is 8.22. The van der Waals surface area contributed by atoms with Crippen LogP contribution in [0.2, 0.25) is 0 Å². The zero-order valence-electron chi connectivity index (χ0n) is 8.22. The molecule has 0 heterocycles. The van der Waals surface area contributed by atoms with Gasteiger partial charge in [-0.05, 0) is 12.8 Å². The molecule has 6 heteroatoms. The van der Waals surface area contributed by atoms with Crippen LogP contribution in [0.25, 0.3) is 0 Å². The van der Waals surface area contributed by atoms with E-state index in [1.54, 1.807) is 0 Å². The summed E-state index contributed by atoms with van der Waals surface area (Å²) < 4.78 is 0. The number of hydrogen-bond donors (Lipinski definition) is 4. The Labute approximate surface area is 86.9 Å². The number of aliphatic hydroxyl groups excluding tert-OH is 1. The van der Waals surface area contributed by atoms with Crippen molar-refractivity contribution < 1.29 is 24.9 Å². The van der Waals surface area contributed by atoms with Gasteiger partial charge in [0.1, 0.15) is 0 Å². The Kier molecular flexibility index (Phi) is 4.05. The van der Waals surface area contributed by atoms with Gasteiger partial charge in [0.15, 0.2) is 0 Å². The topological polar surface area (TPSA) is 107 Å². The number of nitrogens with one attached hydrogen (secondary N) is 1. The standard InChI is InChI=1S/C9H15NO5/c11-6-4-2-1-3-5(6)10-7(8(12)13)9(14)15/h5-7,10-11H,1-4H2,(H,12,13)(H,14,15). The van der Waals surface area contributed by atoms with Crippen LogP contribution in [0.4, 0.5) is 0 Å². The highest BCUT2D eigenvalue weighted by Gasteiger charge is 2.32. The minimum atomic E-state index is -1.64. The molecule has 1 aliphatic carbocycles. The second-order valence-electron chi connectivity index (χ2n) is 3.73. The van der Waals surface area contributed by atoms with Crippen LogP contribution < -0.4 is 5.32 Å². The largest absolute Gasteiger partial charge is 0.480 e.